The lowest BCUT2D eigenvalue weighted by atomic mass is 9.75. The van der Waals surface area contributed by atoms with E-state index in [-0.39, 0.29) is 5.82 Å². The molecule has 0 bridgehead atoms. The minimum Gasteiger partial charge on any atom is -0.314 e. The molecule has 3 rings (SSSR count). The van der Waals surface area contributed by atoms with Crippen LogP contribution in [-0.2, 0) is 6.42 Å². The van der Waals surface area contributed by atoms with Gasteiger partial charge in [0.1, 0.15) is 5.82 Å². The van der Waals surface area contributed by atoms with Gasteiger partial charge in [0.2, 0.25) is 0 Å². The summed E-state index contributed by atoms with van der Waals surface area (Å²) in [7, 11) is 0. The highest BCUT2D eigenvalue weighted by molar-refractivity contribution is 5.26. The fourth-order valence-electron chi connectivity index (χ4n) is 2.97. The second-order valence-electron chi connectivity index (χ2n) is 6.11. The van der Waals surface area contributed by atoms with E-state index in [1.807, 2.05) is 12.1 Å². The van der Waals surface area contributed by atoms with Crippen LogP contribution >= 0.6 is 0 Å². The molecule has 2 aromatic carbocycles. The third-order valence-corrected chi connectivity index (χ3v) is 4.45. The SMILES string of the molecule is Cc1ccc(C2CC(NCCc3ccc(F)cc3)C2)cc1. The van der Waals surface area contributed by atoms with Crippen LogP contribution < -0.4 is 5.32 Å². The fraction of sp³-hybridized carbons (Fsp3) is 0.368. The summed E-state index contributed by atoms with van der Waals surface area (Å²) >= 11 is 0. The van der Waals surface area contributed by atoms with Crippen LogP contribution in [-0.4, -0.2) is 12.6 Å². The standard InChI is InChI=1S/C19H22FN/c1-14-2-6-16(7-3-14)17-12-19(13-17)21-11-10-15-4-8-18(20)9-5-15/h2-9,17,19,21H,10-13H2,1H3. The van der Waals surface area contributed by atoms with Crippen LogP contribution in [0.15, 0.2) is 48.5 Å². The number of rotatable bonds is 5. The molecule has 2 aromatic rings. The third-order valence-electron chi connectivity index (χ3n) is 4.45. The molecule has 2 heteroatoms. The van der Waals surface area contributed by atoms with E-state index in [2.05, 4.69) is 36.5 Å². The second-order valence-corrected chi connectivity index (χ2v) is 6.11. The molecule has 0 amide bonds. The van der Waals surface area contributed by atoms with Crippen molar-refractivity contribution >= 4 is 0 Å². The van der Waals surface area contributed by atoms with Crippen LogP contribution in [0.3, 0.4) is 0 Å². The number of hydrogen-bond acceptors (Lipinski definition) is 1. The lowest BCUT2D eigenvalue weighted by Gasteiger charge is -2.36. The van der Waals surface area contributed by atoms with Gasteiger partial charge in [0.05, 0.1) is 0 Å². The highest BCUT2D eigenvalue weighted by atomic mass is 19.1. The molecule has 0 aromatic heterocycles. The molecule has 1 N–H and O–H groups in total. The first-order valence-corrected chi connectivity index (χ1v) is 7.75. The van der Waals surface area contributed by atoms with Gasteiger partial charge in [-0.3, -0.25) is 0 Å². The number of aryl methyl sites for hydroxylation is 1. The van der Waals surface area contributed by atoms with E-state index in [0.717, 1.165) is 13.0 Å². The molecular formula is C19H22FN. The fourth-order valence-corrected chi connectivity index (χ4v) is 2.97. The van der Waals surface area contributed by atoms with Crippen molar-refractivity contribution in [1.82, 2.24) is 5.32 Å². The smallest absolute Gasteiger partial charge is 0.123 e. The zero-order valence-corrected chi connectivity index (χ0v) is 12.5. The molecule has 1 aliphatic carbocycles. The first-order valence-electron chi connectivity index (χ1n) is 7.75. The maximum atomic E-state index is 12.8. The Morgan fingerprint density at radius 1 is 1.00 bits per heavy atom. The minimum absolute atomic E-state index is 0.161. The maximum Gasteiger partial charge on any atom is 0.123 e. The Morgan fingerprint density at radius 3 is 2.33 bits per heavy atom. The number of nitrogens with one attached hydrogen (secondary N) is 1. The summed E-state index contributed by atoms with van der Waals surface area (Å²) in [6.07, 6.45) is 3.42. The summed E-state index contributed by atoms with van der Waals surface area (Å²) in [5, 5.41) is 3.60. The lowest BCUT2D eigenvalue weighted by molar-refractivity contribution is 0.293. The summed E-state index contributed by atoms with van der Waals surface area (Å²) in [6.45, 7) is 3.10. The van der Waals surface area contributed by atoms with Crippen molar-refractivity contribution in [3.8, 4) is 0 Å². The molecule has 1 fully saturated rings. The molecule has 1 nitrogen and oxygen atoms in total. The van der Waals surface area contributed by atoms with Gasteiger partial charge in [0.25, 0.3) is 0 Å². The molecule has 1 aliphatic rings. The van der Waals surface area contributed by atoms with E-state index in [0.29, 0.717) is 12.0 Å². The second kappa shape index (κ2) is 6.40. The van der Waals surface area contributed by atoms with Gasteiger partial charge in [-0.25, -0.2) is 4.39 Å². The van der Waals surface area contributed by atoms with Crippen molar-refractivity contribution in [2.75, 3.05) is 6.54 Å². The van der Waals surface area contributed by atoms with Crippen LogP contribution in [0.5, 0.6) is 0 Å². The van der Waals surface area contributed by atoms with Gasteiger partial charge in [0.15, 0.2) is 0 Å². The van der Waals surface area contributed by atoms with Crippen LogP contribution in [0.25, 0.3) is 0 Å². The average molecular weight is 283 g/mol. The molecule has 0 aliphatic heterocycles. The topological polar surface area (TPSA) is 12.0 Å². The highest BCUT2D eigenvalue weighted by Gasteiger charge is 2.29. The Labute approximate surface area is 126 Å². The predicted octanol–water partition coefficient (Wildman–Crippen LogP) is 4.21. The molecule has 21 heavy (non-hydrogen) atoms. The van der Waals surface area contributed by atoms with Crippen molar-refractivity contribution < 1.29 is 4.39 Å². The first kappa shape index (κ1) is 14.3. The van der Waals surface area contributed by atoms with E-state index in [1.54, 1.807) is 0 Å². The van der Waals surface area contributed by atoms with E-state index < -0.39 is 0 Å². The zero-order valence-electron chi connectivity index (χ0n) is 12.5. The van der Waals surface area contributed by atoms with Gasteiger partial charge < -0.3 is 5.32 Å². The third kappa shape index (κ3) is 3.70. The Bertz CT molecular complexity index is 568. The highest BCUT2D eigenvalue weighted by Crippen LogP contribution is 2.36. The summed E-state index contributed by atoms with van der Waals surface area (Å²) in [5.41, 5.74) is 3.99. The number of halogens is 1. The molecule has 0 radical (unpaired) electrons. The average Bonchev–Trinajstić information content (AvgIpc) is 2.45. The molecule has 0 atom stereocenters. The van der Waals surface area contributed by atoms with Crippen LogP contribution in [0.2, 0.25) is 0 Å². The van der Waals surface area contributed by atoms with Crippen LogP contribution in [0, 0.1) is 12.7 Å². The van der Waals surface area contributed by atoms with E-state index >= 15 is 0 Å². The van der Waals surface area contributed by atoms with E-state index in [9.17, 15) is 4.39 Å². The molecule has 1 saturated carbocycles. The lowest BCUT2D eigenvalue weighted by Crippen LogP contribution is -2.40. The summed E-state index contributed by atoms with van der Waals surface area (Å²) < 4.78 is 12.8. The maximum absolute atomic E-state index is 12.8. The van der Waals surface area contributed by atoms with Crippen molar-refractivity contribution in [1.29, 1.82) is 0 Å². The van der Waals surface area contributed by atoms with Crippen molar-refractivity contribution in [3.05, 3.63) is 71.0 Å². The Morgan fingerprint density at radius 2 is 1.67 bits per heavy atom. The van der Waals surface area contributed by atoms with Crippen LogP contribution in [0.4, 0.5) is 4.39 Å². The Hall–Kier alpha value is -1.67. The van der Waals surface area contributed by atoms with Gasteiger partial charge in [-0.15, -0.1) is 0 Å². The van der Waals surface area contributed by atoms with Gasteiger partial charge >= 0.3 is 0 Å². The molecule has 110 valence electrons. The van der Waals surface area contributed by atoms with Gasteiger partial charge in [-0.05, 0) is 61.9 Å². The zero-order chi connectivity index (χ0) is 14.7. The van der Waals surface area contributed by atoms with E-state index in [4.69, 9.17) is 0 Å². The number of benzene rings is 2. The summed E-state index contributed by atoms with van der Waals surface area (Å²) in [5.74, 6) is 0.556. The molecule has 0 saturated heterocycles. The Kier molecular flexibility index (Phi) is 4.35. The number of hydrogen-bond donors (Lipinski definition) is 1. The minimum atomic E-state index is -0.161. The molecule has 0 spiro atoms. The Balaban J connectivity index is 1.39. The van der Waals surface area contributed by atoms with Crippen molar-refractivity contribution in [2.45, 2.75) is 38.1 Å². The predicted molar refractivity (Wildman–Crippen MR) is 85.0 cm³/mol. The first-order chi connectivity index (χ1) is 10.2. The van der Waals surface area contributed by atoms with Crippen molar-refractivity contribution in [2.24, 2.45) is 0 Å². The normalized spacial score (nSPS) is 21.0. The largest absolute Gasteiger partial charge is 0.314 e. The summed E-state index contributed by atoms with van der Waals surface area (Å²) in [4.78, 5) is 0. The molecule has 0 unspecified atom stereocenters. The molecular weight excluding hydrogens is 261 g/mol. The van der Waals surface area contributed by atoms with Crippen molar-refractivity contribution in [3.63, 3.8) is 0 Å². The van der Waals surface area contributed by atoms with Gasteiger partial charge in [-0.2, -0.15) is 0 Å². The van der Waals surface area contributed by atoms with Gasteiger partial charge in [0, 0.05) is 6.04 Å². The van der Waals surface area contributed by atoms with E-state index in [1.165, 1.54) is 41.7 Å². The monoisotopic (exact) mass is 283 g/mol. The van der Waals surface area contributed by atoms with Crippen LogP contribution in [0.1, 0.15) is 35.4 Å². The molecule has 0 heterocycles. The summed E-state index contributed by atoms with van der Waals surface area (Å²) in [6, 6.07) is 16.4. The quantitative estimate of drug-likeness (QED) is 0.866. The van der Waals surface area contributed by atoms with Gasteiger partial charge in [-0.1, -0.05) is 42.0 Å².